The number of hydrogen-bond acceptors (Lipinski definition) is 3. The number of nitrogens with zero attached hydrogens (tertiary/aromatic N) is 1. The molecule has 1 saturated heterocycles. The lowest BCUT2D eigenvalue weighted by Gasteiger charge is -2.17. The van der Waals surface area contributed by atoms with E-state index in [1.165, 1.54) is 0 Å². The zero-order chi connectivity index (χ0) is 8.97. The molecule has 1 aliphatic heterocycles. The highest BCUT2D eigenvalue weighted by Crippen LogP contribution is 2.05. The summed E-state index contributed by atoms with van der Waals surface area (Å²) >= 11 is 0. The van der Waals surface area contributed by atoms with Crippen LogP contribution >= 0.6 is 0 Å². The third-order valence-corrected chi connectivity index (χ3v) is 2.15. The monoisotopic (exact) mass is 171 g/mol. The lowest BCUT2D eigenvalue weighted by atomic mass is 10.1. The Hall–Kier alpha value is -0.610. The third kappa shape index (κ3) is 2.79. The van der Waals surface area contributed by atoms with Gasteiger partial charge in [0.25, 0.3) is 0 Å². The van der Waals surface area contributed by atoms with Crippen LogP contribution < -0.4 is 11.1 Å². The average Bonchev–Trinajstić information content (AvgIpc) is 2.13. The van der Waals surface area contributed by atoms with E-state index in [-0.39, 0.29) is 5.91 Å². The van der Waals surface area contributed by atoms with Crippen LogP contribution in [0.15, 0.2) is 0 Å². The Morgan fingerprint density at radius 2 is 2.50 bits per heavy atom. The maximum atomic E-state index is 11.1. The number of amides is 1. The van der Waals surface area contributed by atoms with Gasteiger partial charge in [0.15, 0.2) is 0 Å². The Balaban J connectivity index is 2.41. The zero-order valence-corrected chi connectivity index (χ0v) is 7.55. The molecule has 0 aromatic heterocycles. The van der Waals surface area contributed by atoms with Gasteiger partial charge >= 0.3 is 0 Å². The Morgan fingerprint density at radius 1 is 1.75 bits per heavy atom. The van der Waals surface area contributed by atoms with E-state index in [1.54, 1.807) is 0 Å². The molecule has 0 saturated carbocycles. The number of likely N-dealkylation sites (N-methyl/N-ethyl adjacent to an activating group) is 1. The van der Waals surface area contributed by atoms with Crippen molar-refractivity contribution in [3.63, 3.8) is 0 Å². The van der Waals surface area contributed by atoms with Crippen LogP contribution in [-0.4, -0.2) is 44.0 Å². The Morgan fingerprint density at radius 3 is 3.17 bits per heavy atom. The smallest absolute Gasteiger partial charge is 0.234 e. The van der Waals surface area contributed by atoms with Gasteiger partial charge < -0.3 is 11.1 Å². The normalized spacial score (nSPS) is 26.5. The SMILES string of the molecule is CN1CC(=O)NCC(CCN)C1. The van der Waals surface area contributed by atoms with Crippen molar-refractivity contribution in [2.24, 2.45) is 11.7 Å². The number of nitrogens with two attached hydrogens (primary N) is 1. The van der Waals surface area contributed by atoms with Gasteiger partial charge in [-0.05, 0) is 25.9 Å². The second-order valence-corrected chi connectivity index (χ2v) is 3.44. The highest BCUT2D eigenvalue weighted by Gasteiger charge is 2.18. The Kier molecular flexibility index (Phi) is 3.49. The van der Waals surface area contributed by atoms with E-state index in [2.05, 4.69) is 5.32 Å². The van der Waals surface area contributed by atoms with Crippen molar-refractivity contribution in [3.8, 4) is 0 Å². The van der Waals surface area contributed by atoms with Crippen molar-refractivity contribution in [1.29, 1.82) is 0 Å². The Bertz CT molecular complexity index is 160. The zero-order valence-electron chi connectivity index (χ0n) is 7.55. The molecule has 1 aliphatic rings. The highest BCUT2D eigenvalue weighted by molar-refractivity contribution is 5.78. The molecule has 1 rings (SSSR count). The molecule has 0 spiro atoms. The summed E-state index contributed by atoms with van der Waals surface area (Å²) in [6, 6.07) is 0. The summed E-state index contributed by atoms with van der Waals surface area (Å²) in [6.07, 6.45) is 0.991. The quantitative estimate of drug-likeness (QED) is 0.561. The van der Waals surface area contributed by atoms with Crippen LogP contribution in [0.4, 0.5) is 0 Å². The first-order valence-corrected chi connectivity index (χ1v) is 4.37. The summed E-state index contributed by atoms with van der Waals surface area (Å²) in [5.74, 6) is 0.642. The molecule has 1 atom stereocenters. The van der Waals surface area contributed by atoms with Crippen LogP contribution in [0.1, 0.15) is 6.42 Å². The summed E-state index contributed by atoms with van der Waals surface area (Å²) in [5, 5.41) is 2.87. The fraction of sp³-hybridized carbons (Fsp3) is 0.875. The molecule has 1 amide bonds. The van der Waals surface area contributed by atoms with Crippen LogP contribution in [0.3, 0.4) is 0 Å². The molecule has 0 radical (unpaired) electrons. The van der Waals surface area contributed by atoms with E-state index in [1.807, 2.05) is 11.9 Å². The molecule has 1 heterocycles. The van der Waals surface area contributed by atoms with Crippen LogP contribution in [0.5, 0.6) is 0 Å². The number of carbonyl (C=O) groups is 1. The van der Waals surface area contributed by atoms with Gasteiger partial charge in [-0.2, -0.15) is 0 Å². The number of hydrogen-bond donors (Lipinski definition) is 2. The molecular weight excluding hydrogens is 154 g/mol. The number of carbonyl (C=O) groups excluding carboxylic acids is 1. The minimum Gasteiger partial charge on any atom is -0.355 e. The summed E-state index contributed by atoms with van der Waals surface area (Å²) in [4.78, 5) is 13.1. The predicted octanol–water partition coefficient (Wildman–Crippen LogP) is -0.987. The fourth-order valence-corrected chi connectivity index (χ4v) is 1.56. The number of nitrogens with one attached hydrogen (secondary N) is 1. The largest absolute Gasteiger partial charge is 0.355 e. The van der Waals surface area contributed by atoms with E-state index in [9.17, 15) is 4.79 Å². The predicted molar refractivity (Wildman–Crippen MR) is 47.7 cm³/mol. The van der Waals surface area contributed by atoms with E-state index in [4.69, 9.17) is 5.73 Å². The molecule has 4 heteroatoms. The van der Waals surface area contributed by atoms with Crippen molar-refractivity contribution >= 4 is 5.91 Å². The van der Waals surface area contributed by atoms with Crippen LogP contribution in [-0.2, 0) is 4.79 Å². The third-order valence-electron chi connectivity index (χ3n) is 2.15. The second kappa shape index (κ2) is 4.42. The molecule has 12 heavy (non-hydrogen) atoms. The first kappa shape index (κ1) is 9.48. The first-order chi connectivity index (χ1) is 5.72. The van der Waals surface area contributed by atoms with Gasteiger partial charge in [0, 0.05) is 13.1 Å². The van der Waals surface area contributed by atoms with Gasteiger partial charge in [0.2, 0.25) is 5.91 Å². The minimum atomic E-state index is 0.122. The molecule has 4 nitrogen and oxygen atoms in total. The van der Waals surface area contributed by atoms with E-state index in [0.29, 0.717) is 19.0 Å². The van der Waals surface area contributed by atoms with Crippen molar-refractivity contribution in [3.05, 3.63) is 0 Å². The second-order valence-electron chi connectivity index (χ2n) is 3.44. The van der Waals surface area contributed by atoms with Crippen molar-refractivity contribution in [2.45, 2.75) is 6.42 Å². The van der Waals surface area contributed by atoms with Crippen LogP contribution in [0.25, 0.3) is 0 Å². The topological polar surface area (TPSA) is 58.4 Å². The summed E-state index contributed by atoms with van der Waals surface area (Å²) in [7, 11) is 1.97. The molecule has 1 unspecified atom stereocenters. The molecule has 3 N–H and O–H groups in total. The van der Waals surface area contributed by atoms with Gasteiger partial charge in [0.1, 0.15) is 0 Å². The number of rotatable bonds is 2. The average molecular weight is 171 g/mol. The summed E-state index contributed by atoms with van der Waals surface area (Å²) < 4.78 is 0. The summed E-state index contributed by atoms with van der Waals surface area (Å²) in [5.41, 5.74) is 5.46. The van der Waals surface area contributed by atoms with Gasteiger partial charge in [-0.3, -0.25) is 9.69 Å². The molecule has 0 aromatic carbocycles. The molecular formula is C8H17N3O. The lowest BCUT2D eigenvalue weighted by molar-refractivity contribution is -0.121. The summed E-state index contributed by atoms with van der Waals surface area (Å²) in [6.45, 7) is 2.96. The minimum absolute atomic E-state index is 0.122. The fourth-order valence-electron chi connectivity index (χ4n) is 1.56. The maximum absolute atomic E-state index is 11.1. The molecule has 0 aliphatic carbocycles. The standard InChI is InChI=1S/C8H17N3O/c1-11-5-7(2-3-9)4-10-8(12)6-11/h7H,2-6,9H2,1H3,(H,10,12). The van der Waals surface area contributed by atoms with Crippen LogP contribution in [0.2, 0.25) is 0 Å². The molecule has 0 aromatic rings. The maximum Gasteiger partial charge on any atom is 0.234 e. The lowest BCUT2D eigenvalue weighted by Crippen LogP contribution is -2.30. The van der Waals surface area contributed by atoms with Crippen molar-refractivity contribution in [1.82, 2.24) is 10.2 Å². The van der Waals surface area contributed by atoms with Crippen LogP contribution in [0, 0.1) is 5.92 Å². The Labute approximate surface area is 73.1 Å². The van der Waals surface area contributed by atoms with Gasteiger partial charge in [-0.25, -0.2) is 0 Å². The molecule has 1 fully saturated rings. The molecule has 0 bridgehead atoms. The van der Waals surface area contributed by atoms with Gasteiger partial charge in [0.05, 0.1) is 6.54 Å². The first-order valence-electron chi connectivity index (χ1n) is 4.37. The van der Waals surface area contributed by atoms with Crippen molar-refractivity contribution < 1.29 is 4.79 Å². The molecule has 70 valence electrons. The van der Waals surface area contributed by atoms with Crippen molar-refractivity contribution in [2.75, 3.05) is 33.2 Å². The highest BCUT2D eigenvalue weighted by atomic mass is 16.2. The van der Waals surface area contributed by atoms with E-state index >= 15 is 0 Å². The van der Waals surface area contributed by atoms with E-state index < -0.39 is 0 Å². The van der Waals surface area contributed by atoms with Gasteiger partial charge in [-0.1, -0.05) is 0 Å². The van der Waals surface area contributed by atoms with Gasteiger partial charge in [-0.15, -0.1) is 0 Å². The van der Waals surface area contributed by atoms with E-state index in [0.717, 1.165) is 19.5 Å².